The SMILES string of the molecule is CC.CC.O=Cc1c[nH]c(=O)[nH]c1=S. The number of hydrogen-bond acceptors (Lipinski definition) is 3. The summed E-state index contributed by atoms with van der Waals surface area (Å²) in [5.41, 5.74) is -0.120. The van der Waals surface area contributed by atoms with Crippen LogP contribution in [0, 0.1) is 4.64 Å². The zero-order valence-corrected chi connectivity index (χ0v) is 9.70. The van der Waals surface area contributed by atoms with Crippen molar-refractivity contribution in [2.24, 2.45) is 0 Å². The highest BCUT2D eigenvalue weighted by Gasteiger charge is 1.91. The lowest BCUT2D eigenvalue weighted by atomic mass is 10.4. The van der Waals surface area contributed by atoms with E-state index in [-0.39, 0.29) is 10.2 Å². The van der Waals surface area contributed by atoms with Crippen LogP contribution in [0.25, 0.3) is 0 Å². The summed E-state index contributed by atoms with van der Waals surface area (Å²) in [6, 6.07) is 0. The van der Waals surface area contributed by atoms with Gasteiger partial charge in [0.05, 0.1) is 5.56 Å². The second-order valence-corrected chi connectivity index (χ2v) is 2.05. The molecule has 0 aliphatic rings. The second kappa shape index (κ2) is 9.85. The van der Waals surface area contributed by atoms with Gasteiger partial charge in [-0.15, -0.1) is 0 Å². The third kappa shape index (κ3) is 5.42. The van der Waals surface area contributed by atoms with Crippen LogP contribution >= 0.6 is 12.2 Å². The van der Waals surface area contributed by atoms with Crippen molar-refractivity contribution < 1.29 is 4.79 Å². The number of hydrogen-bond donors (Lipinski definition) is 2. The monoisotopic (exact) mass is 216 g/mol. The topological polar surface area (TPSA) is 65.7 Å². The van der Waals surface area contributed by atoms with Crippen LogP contribution in [-0.4, -0.2) is 16.3 Å². The molecule has 0 radical (unpaired) electrons. The fourth-order valence-corrected chi connectivity index (χ4v) is 0.707. The Labute approximate surface area is 88.4 Å². The molecule has 4 nitrogen and oxygen atoms in total. The van der Waals surface area contributed by atoms with E-state index in [1.54, 1.807) is 0 Å². The molecule has 0 fully saturated rings. The first-order valence-corrected chi connectivity index (χ1v) is 4.92. The summed E-state index contributed by atoms with van der Waals surface area (Å²) in [4.78, 5) is 25.1. The van der Waals surface area contributed by atoms with Gasteiger partial charge >= 0.3 is 5.69 Å². The van der Waals surface area contributed by atoms with Gasteiger partial charge in [-0.1, -0.05) is 39.9 Å². The van der Waals surface area contributed by atoms with Crippen molar-refractivity contribution in [3.05, 3.63) is 26.9 Å². The molecule has 0 aromatic carbocycles. The van der Waals surface area contributed by atoms with Gasteiger partial charge < -0.3 is 4.98 Å². The van der Waals surface area contributed by atoms with E-state index in [9.17, 15) is 9.59 Å². The van der Waals surface area contributed by atoms with Gasteiger partial charge in [0.2, 0.25) is 0 Å². The number of rotatable bonds is 1. The van der Waals surface area contributed by atoms with Crippen molar-refractivity contribution in [2.75, 3.05) is 0 Å². The molecule has 0 atom stereocenters. The van der Waals surface area contributed by atoms with E-state index < -0.39 is 5.69 Å². The number of aldehydes is 1. The van der Waals surface area contributed by atoms with Crippen LogP contribution in [0.3, 0.4) is 0 Å². The van der Waals surface area contributed by atoms with Crippen molar-refractivity contribution in [1.82, 2.24) is 9.97 Å². The lowest BCUT2D eigenvalue weighted by Crippen LogP contribution is -2.10. The molecular weight excluding hydrogens is 200 g/mol. The van der Waals surface area contributed by atoms with E-state index in [1.807, 2.05) is 27.7 Å². The number of H-pyrrole nitrogens is 2. The van der Waals surface area contributed by atoms with Gasteiger partial charge in [-0.2, -0.15) is 0 Å². The summed E-state index contributed by atoms with van der Waals surface area (Å²) in [6.07, 6.45) is 1.85. The van der Waals surface area contributed by atoms with E-state index in [2.05, 4.69) is 22.2 Å². The summed E-state index contributed by atoms with van der Waals surface area (Å²) in [5.74, 6) is 0. The number of aromatic nitrogens is 2. The predicted molar refractivity (Wildman–Crippen MR) is 60.3 cm³/mol. The summed E-state index contributed by atoms with van der Waals surface area (Å²) in [5, 5.41) is 0. The standard InChI is InChI=1S/C5H4N2O2S.2C2H6/c8-2-3-1-6-5(9)7-4(3)10;2*1-2/h1-2H,(H2,6,7,9,10);2*1-2H3. The third-order valence-electron chi connectivity index (χ3n) is 0.975. The number of carbonyl (C=O) groups is 1. The highest BCUT2D eigenvalue weighted by atomic mass is 32.1. The van der Waals surface area contributed by atoms with Crippen LogP contribution < -0.4 is 5.69 Å². The molecule has 1 aromatic heterocycles. The van der Waals surface area contributed by atoms with Crippen molar-refractivity contribution in [1.29, 1.82) is 0 Å². The van der Waals surface area contributed by atoms with Gasteiger partial charge in [0.1, 0.15) is 4.64 Å². The Morgan fingerprint density at radius 2 is 1.79 bits per heavy atom. The van der Waals surface area contributed by atoms with E-state index >= 15 is 0 Å². The number of aromatic amines is 2. The Bertz CT molecular complexity index is 354. The summed E-state index contributed by atoms with van der Waals surface area (Å²) in [7, 11) is 0. The van der Waals surface area contributed by atoms with Crippen molar-refractivity contribution in [3.8, 4) is 0 Å². The molecule has 80 valence electrons. The van der Waals surface area contributed by atoms with E-state index in [4.69, 9.17) is 0 Å². The Morgan fingerprint density at radius 1 is 1.29 bits per heavy atom. The summed E-state index contributed by atoms with van der Waals surface area (Å²) >= 11 is 4.63. The normalized spacial score (nSPS) is 7.43. The summed E-state index contributed by atoms with van der Waals surface area (Å²) < 4.78 is 0.166. The molecule has 14 heavy (non-hydrogen) atoms. The van der Waals surface area contributed by atoms with Gasteiger partial charge in [0.25, 0.3) is 0 Å². The van der Waals surface area contributed by atoms with Gasteiger partial charge in [-0.25, -0.2) is 4.79 Å². The molecule has 0 bridgehead atoms. The lowest BCUT2D eigenvalue weighted by molar-refractivity contribution is 0.112. The Balaban J connectivity index is 0. The maximum absolute atomic E-state index is 10.5. The van der Waals surface area contributed by atoms with Crippen LogP contribution in [0.5, 0.6) is 0 Å². The molecule has 1 heterocycles. The Morgan fingerprint density at radius 3 is 2.14 bits per heavy atom. The lowest BCUT2D eigenvalue weighted by Gasteiger charge is -1.86. The zero-order valence-electron chi connectivity index (χ0n) is 8.88. The minimum absolute atomic E-state index is 0.166. The van der Waals surface area contributed by atoms with Gasteiger partial charge in [-0.3, -0.25) is 9.78 Å². The van der Waals surface area contributed by atoms with E-state index in [0.29, 0.717) is 6.29 Å². The molecule has 1 aromatic rings. The molecule has 0 unspecified atom stereocenters. The fourth-order valence-electron chi connectivity index (χ4n) is 0.508. The van der Waals surface area contributed by atoms with Crippen LogP contribution in [0.4, 0.5) is 0 Å². The van der Waals surface area contributed by atoms with E-state index in [0.717, 1.165) is 0 Å². The largest absolute Gasteiger partial charge is 0.323 e. The second-order valence-electron chi connectivity index (χ2n) is 1.65. The van der Waals surface area contributed by atoms with Crippen molar-refractivity contribution in [2.45, 2.75) is 27.7 Å². The first-order chi connectivity index (χ1) is 6.74. The van der Waals surface area contributed by atoms with Crippen LogP contribution in [0.15, 0.2) is 11.0 Å². The van der Waals surface area contributed by atoms with Gasteiger partial charge in [0, 0.05) is 6.20 Å². The highest BCUT2D eigenvalue weighted by molar-refractivity contribution is 7.71. The molecule has 0 amide bonds. The molecule has 2 N–H and O–H groups in total. The first kappa shape index (κ1) is 15.3. The minimum atomic E-state index is -0.407. The Kier molecular flexibility index (Phi) is 10.7. The molecule has 0 saturated heterocycles. The van der Waals surface area contributed by atoms with Gasteiger partial charge in [-0.05, 0) is 0 Å². The fraction of sp³-hybridized carbons (Fsp3) is 0.444. The quantitative estimate of drug-likeness (QED) is 0.559. The highest BCUT2D eigenvalue weighted by Crippen LogP contribution is 1.87. The number of carbonyl (C=O) groups excluding carboxylic acids is 1. The number of nitrogens with one attached hydrogen (secondary N) is 2. The molecule has 1 rings (SSSR count). The maximum atomic E-state index is 10.5. The molecule has 0 aliphatic heterocycles. The molecule has 0 spiro atoms. The predicted octanol–water partition coefficient (Wildman–Crippen LogP) is 2.30. The molecule has 0 saturated carbocycles. The van der Waals surface area contributed by atoms with Crippen molar-refractivity contribution >= 4 is 18.5 Å². The Hall–Kier alpha value is -1.23. The van der Waals surface area contributed by atoms with E-state index in [1.165, 1.54) is 6.20 Å². The smallest absolute Gasteiger partial charge is 0.314 e. The average molecular weight is 216 g/mol. The zero-order chi connectivity index (χ0) is 11.6. The van der Waals surface area contributed by atoms with Gasteiger partial charge in [0.15, 0.2) is 6.29 Å². The van der Waals surface area contributed by atoms with Crippen LogP contribution in [0.2, 0.25) is 0 Å². The molecular formula is C9H16N2O2S. The molecule has 0 aliphatic carbocycles. The van der Waals surface area contributed by atoms with Crippen LogP contribution in [-0.2, 0) is 0 Å². The maximum Gasteiger partial charge on any atom is 0.323 e. The average Bonchev–Trinajstić information content (AvgIpc) is 2.24. The van der Waals surface area contributed by atoms with Crippen molar-refractivity contribution in [3.63, 3.8) is 0 Å². The molecule has 5 heteroatoms. The minimum Gasteiger partial charge on any atom is -0.314 e. The first-order valence-electron chi connectivity index (χ1n) is 4.51. The third-order valence-corrected chi connectivity index (χ3v) is 1.31. The van der Waals surface area contributed by atoms with Crippen LogP contribution in [0.1, 0.15) is 38.1 Å². The summed E-state index contributed by atoms with van der Waals surface area (Å²) in [6.45, 7) is 8.00.